The Morgan fingerprint density at radius 1 is 1.67 bits per heavy atom. The van der Waals surface area contributed by atoms with Gasteiger partial charge in [-0.15, -0.1) is 10.2 Å². The van der Waals surface area contributed by atoms with E-state index in [1.807, 2.05) is 4.57 Å². The van der Waals surface area contributed by atoms with Crippen LogP contribution >= 0.6 is 11.8 Å². The number of carboxylic acids is 1. The molecule has 0 saturated carbocycles. The number of nitrogens with zero attached hydrogens (tertiary/aromatic N) is 4. The molecule has 1 fully saturated rings. The van der Waals surface area contributed by atoms with Crippen LogP contribution in [-0.4, -0.2) is 56.6 Å². The summed E-state index contributed by atoms with van der Waals surface area (Å²) in [5.74, 6) is -0.195. The van der Waals surface area contributed by atoms with E-state index in [0.717, 1.165) is 13.1 Å². The van der Waals surface area contributed by atoms with Gasteiger partial charge >= 0.3 is 5.97 Å². The molecule has 6 nitrogen and oxygen atoms in total. The first-order valence-electron chi connectivity index (χ1n) is 6.06. The molecule has 100 valence electrons. The zero-order valence-electron chi connectivity index (χ0n) is 10.4. The summed E-state index contributed by atoms with van der Waals surface area (Å²) >= 11 is 1.23. The number of thioether (sulfide) groups is 1. The van der Waals surface area contributed by atoms with E-state index in [1.54, 1.807) is 6.33 Å². The summed E-state index contributed by atoms with van der Waals surface area (Å²) in [4.78, 5) is 12.9. The number of rotatable bonds is 5. The third kappa shape index (κ3) is 3.71. The molecule has 0 radical (unpaired) electrons. The molecule has 1 saturated heterocycles. The molecular formula is C11H18N4O2S. The van der Waals surface area contributed by atoms with Crippen LogP contribution in [0.4, 0.5) is 0 Å². The minimum Gasteiger partial charge on any atom is -0.481 e. The Hall–Kier alpha value is -1.08. The lowest BCUT2D eigenvalue weighted by molar-refractivity contribution is -0.133. The third-order valence-corrected chi connectivity index (χ3v) is 4.05. The van der Waals surface area contributed by atoms with Crippen molar-refractivity contribution >= 4 is 17.7 Å². The standard InChI is InChI=1S/C11H18N4O2S/c1-14-4-2-3-9(5-14)6-15-8-12-13-11(15)18-7-10(16)17/h8-9H,2-7H2,1H3,(H,16,17). The summed E-state index contributed by atoms with van der Waals surface area (Å²) in [5, 5.41) is 17.2. The molecule has 1 atom stereocenters. The summed E-state index contributed by atoms with van der Waals surface area (Å²) < 4.78 is 1.97. The van der Waals surface area contributed by atoms with Crippen LogP contribution in [0, 0.1) is 5.92 Å². The summed E-state index contributed by atoms with van der Waals surface area (Å²) in [6.07, 6.45) is 4.13. The van der Waals surface area contributed by atoms with Gasteiger partial charge < -0.3 is 14.6 Å². The quantitative estimate of drug-likeness (QED) is 0.798. The maximum atomic E-state index is 10.6. The van der Waals surface area contributed by atoms with Gasteiger partial charge in [0, 0.05) is 13.1 Å². The summed E-state index contributed by atoms with van der Waals surface area (Å²) in [7, 11) is 2.14. The van der Waals surface area contributed by atoms with E-state index in [1.165, 1.54) is 31.1 Å². The van der Waals surface area contributed by atoms with Crippen LogP contribution in [0.15, 0.2) is 11.5 Å². The Kier molecular flexibility index (Phi) is 4.60. The van der Waals surface area contributed by atoms with Crippen LogP contribution in [0.3, 0.4) is 0 Å². The molecule has 2 rings (SSSR count). The lowest BCUT2D eigenvalue weighted by atomic mass is 9.98. The molecule has 1 N–H and O–H groups in total. The van der Waals surface area contributed by atoms with Gasteiger partial charge in [-0.05, 0) is 32.4 Å². The molecule has 1 aromatic rings. The third-order valence-electron chi connectivity index (χ3n) is 3.08. The first-order valence-corrected chi connectivity index (χ1v) is 7.04. The highest BCUT2D eigenvalue weighted by atomic mass is 32.2. The monoisotopic (exact) mass is 270 g/mol. The van der Waals surface area contributed by atoms with Gasteiger partial charge in [-0.3, -0.25) is 4.79 Å². The van der Waals surface area contributed by atoms with Crippen molar-refractivity contribution < 1.29 is 9.90 Å². The summed E-state index contributed by atoms with van der Waals surface area (Å²) in [6, 6.07) is 0. The SMILES string of the molecule is CN1CCCC(Cn2cnnc2SCC(=O)O)C1. The molecule has 0 amide bonds. The number of carbonyl (C=O) groups is 1. The second-order valence-electron chi connectivity index (χ2n) is 4.72. The number of carboxylic acid groups (broad SMARTS) is 1. The maximum absolute atomic E-state index is 10.6. The van der Waals surface area contributed by atoms with Gasteiger partial charge in [0.2, 0.25) is 0 Å². The van der Waals surface area contributed by atoms with Crippen LogP contribution in [0.2, 0.25) is 0 Å². The molecule has 0 aromatic carbocycles. The Balaban J connectivity index is 1.92. The number of aliphatic carboxylic acids is 1. The minimum absolute atomic E-state index is 0.0310. The molecule has 0 aliphatic carbocycles. The van der Waals surface area contributed by atoms with Gasteiger partial charge in [0.05, 0.1) is 5.75 Å². The Morgan fingerprint density at radius 3 is 3.22 bits per heavy atom. The van der Waals surface area contributed by atoms with Crippen molar-refractivity contribution in [2.45, 2.75) is 24.5 Å². The van der Waals surface area contributed by atoms with Crippen molar-refractivity contribution in [1.29, 1.82) is 0 Å². The van der Waals surface area contributed by atoms with Gasteiger partial charge in [-0.2, -0.15) is 0 Å². The highest BCUT2D eigenvalue weighted by Gasteiger charge is 2.19. The molecule has 18 heavy (non-hydrogen) atoms. The molecule has 1 unspecified atom stereocenters. The number of piperidine rings is 1. The second-order valence-corrected chi connectivity index (χ2v) is 5.66. The van der Waals surface area contributed by atoms with E-state index >= 15 is 0 Å². The number of aromatic nitrogens is 3. The van der Waals surface area contributed by atoms with Crippen LogP contribution in [0.1, 0.15) is 12.8 Å². The van der Waals surface area contributed by atoms with Gasteiger partial charge in [0.25, 0.3) is 0 Å². The van der Waals surface area contributed by atoms with E-state index in [2.05, 4.69) is 22.1 Å². The van der Waals surface area contributed by atoms with E-state index in [9.17, 15) is 4.79 Å². The smallest absolute Gasteiger partial charge is 0.313 e. The Morgan fingerprint density at radius 2 is 2.50 bits per heavy atom. The molecule has 0 bridgehead atoms. The summed E-state index contributed by atoms with van der Waals surface area (Å²) in [6.45, 7) is 3.12. The first-order chi connectivity index (χ1) is 8.65. The zero-order chi connectivity index (χ0) is 13.0. The molecule has 1 aliphatic rings. The van der Waals surface area contributed by atoms with Gasteiger partial charge in [-0.25, -0.2) is 0 Å². The predicted molar refractivity (Wildman–Crippen MR) is 68.6 cm³/mol. The highest BCUT2D eigenvalue weighted by molar-refractivity contribution is 7.99. The molecular weight excluding hydrogens is 252 g/mol. The van der Waals surface area contributed by atoms with Crippen LogP contribution in [-0.2, 0) is 11.3 Å². The number of hydrogen-bond acceptors (Lipinski definition) is 5. The van der Waals surface area contributed by atoms with E-state index < -0.39 is 5.97 Å². The zero-order valence-corrected chi connectivity index (χ0v) is 11.3. The Labute approximate surface area is 110 Å². The average molecular weight is 270 g/mol. The van der Waals surface area contributed by atoms with E-state index in [0.29, 0.717) is 11.1 Å². The largest absolute Gasteiger partial charge is 0.481 e. The first kappa shape index (κ1) is 13.4. The fraction of sp³-hybridized carbons (Fsp3) is 0.727. The van der Waals surface area contributed by atoms with Crippen molar-refractivity contribution in [2.75, 3.05) is 25.9 Å². The molecule has 2 heterocycles. The van der Waals surface area contributed by atoms with E-state index in [-0.39, 0.29) is 5.75 Å². The lowest BCUT2D eigenvalue weighted by Crippen LogP contribution is -2.34. The van der Waals surface area contributed by atoms with Crippen molar-refractivity contribution in [1.82, 2.24) is 19.7 Å². The van der Waals surface area contributed by atoms with Crippen molar-refractivity contribution in [2.24, 2.45) is 5.92 Å². The highest BCUT2D eigenvalue weighted by Crippen LogP contribution is 2.20. The number of hydrogen-bond donors (Lipinski definition) is 1. The second kappa shape index (κ2) is 6.19. The predicted octanol–water partition coefficient (Wildman–Crippen LogP) is 0.797. The van der Waals surface area contributed by atoms with Gasteiger partial charge in [0.1, 0.15) is 6.33 Å². The molecule has 0 spiro atoms. The maximum Gasteiger partial charge on any atom is 0.313 e. The van der Waals surface area contributed by atoms with Crippen LogP contribution in [0.5, 0.6) is 0 Å². The van der Waals surface area contributed by atoms with Crippen molar-refractivity contribution in [3.8, 4) is 0 Å². The van der Waals surface area contributed by atoms with Gasteiger partial charge in [0.15, 0.2) is 5.16 Å². The topological polar surface area (TPSA) is 71.2 Å². The minimum atomic E-state index is -0.827. The average Bonchev–Trinajstić information content (AvgIpc) is 2.74. The summed E-state index contributed by atoms with van der Waals surface area (Å²) in [5.41, 5.74) is 0. The molecule has 7 heteroatoms. The molecule has 1 aromatic heterocycles. The van der Waals surface area contributed by atoms with Crippen molar-refractivity contribution in [3.05, 3.63) is 6.33 Å². The fourth-order valence-electron chi connectivity index (χ4n) is 2.31. The van der Waals surface area contributed by atoms with E-state index in [4.69, 9.17) is 5.11 Å². The van der Waals surface area contributed by atoms with Gasteiger partial charge in [-0.1, -0.05) is 11.8 Å². The van der Waals surface area contributed by atoms with Crippen LogP contribution in [0.25, 0.3) is 0 Å². The Bertz CT molecular complexity index is 410. The van der Waals surface area contributed by atoms with Crippen molar-refractivity contribution in [3.63, 3.8) is 0 Å². The molecule has 1 aliphatic heterocycles. The lowest BCUT2D eigenvalue weighted by Gasteiger charge is -2.29. The number of likely N-dealkylation sites (tertiary alicyclic amines) is 1. The fourth-order valence-corrected chi connectivity index (χ4v) is 2.95. The normalized spacial score (nSPS) is 21.1. The van der Waals surface area contributed by atoms with Crippen LogP contribution < -0.4 is 0 Å².